The van der Waals surface area contributed by atoms with E-state index in [2.05, 4.69) is 18.3 Å². The van der Waals surface area contributed by atoms with Crippen LogP contribution in [-0.4, -0.2) is 25.7 Å². The van der Waals surface area contributed by atoms with E-state index in [0.29, 0.717) is 0 Å². The molecule has 0 aliphatic heterocycles. The number of hydrogen-bond acceptors (Lipinski definition) is 4. The minimum absolute atomic E-state index is 0.805. The molecule has 118 valence electrons. The summed E-state index contributed by atoms with van der Waals surface area (Å²) in [5, 5.41) is 4.50. The summed E-state index contributed by atoms with van der Waals surface area (Å²) in [7, 11) is 3.33. The number of pyridine rings is 1. The Bertz CT molecular complexity index is 813. The highest BCUT2D eigenvalue weighted by molar-refractivity contribution is 5.94. The van der Waals surface area contributed by atoms with E-state index in [-0.39, 0.29) is 0 Å². The highest BCUT2D eigenvalue weighted by Gasteiger charge is 2.08. The summed E-state index contributed by atoms with van der Waals surface area (Å²) >= 11 is 0. The molecule has 0 aliphatic rings. The first-order valence-electron chi connectivity index (χ1n) is 7.62. The van der Waals surface area contributed by atoms with Gasteiger partial charge in [0.1, 0.15) is 11.5 Å². The molecular formula is C19H20N2O2. The summed E-state index contributed by atoms with van der Waals surface area (Å²) < 4.78 is 10.5. The number of rotatable bonds is 5. The van der Waals surface area contributed by atoms with Gasteiger partial charge < -0.3 is 14.8 Å². The lowest BCUT2D eigenvalue weighted by Gasteiger charge is -2.12. The molecule has 0 atom stereocenters. The number of aromatic nitrogens is 1. The second-order valence-electron chi connectivity index (χ2n) is 5.20. The Balaban J connectivity index is 2.15. The van der Waals surface area contributed by atoms with E-state index in [1.54, 1.807) is 14.2 Å². The van der Waals surface area contributed by atoms with E-state index >= 15 is 0 Å². The quantitative estimate of drug-likeness (QED) is 0.761. The average molecular weight is 308 g/mol. The van der Waals surface area contributed by atoms with Crippen molar-refractivity contribution in [3.8, 4) is 22.8 Å². The first kappa shape index (κ1) is 15.2. The molecule has 0 saturated carbocycles. The maximum atomic E-state index is 5.32. The molecule has 0 unspecified atom stereocenters. The summed E-state index contributed by atoms with van der Waals surface area (Å²) in [5.41, 5.74) is 3.96. The van der Waals surface area contributed by atoms with Gasteiger partial charge in [0.05, 0.1) is 25.4 Å². The Kier molecular flexibility index (Phi) is 4.33. The van der Waals surface area contributed by atoms with Gasteiger partial charge in [0, 0.05) is 29.2 Å². The van der Waals surface area contributed by atoms with Crippen LogP contribution >= 0.6 is 0 Å². The fraction of sp³-hybridized carbons (Fsp3) is 0.211. The van der Waals surface area contributed by atoms with Crippen molar-refractivity contribution in [3.05, 3.63) is 48.5 Å². The molecule has 23 heavy (non-hydrogen) atoms. The summed E-state index contributed by atoms with van der Waals surface area (Å²) in [6, 6.07) is 16.0. The van der Waals surface area contributed by atoms with Crippen molar-refractivity contribution in [2.24, 2.45) is 0 Å². The monoisotopic (exact) mass is 308 g/mol. The summed E-state index contributed by atoms with van der Waals surface area (Å²) in [6.07, 6.45) is 0. The van der Waals surface area contributed by atoms with Crippen molar-refractivity contribution in [3.63, 3.8) is 0 Å². The molecule has 0 radical (unpaired) electrons. The molecule has 3 aromatic rings. The molecule has 0 bridgehead atoms. The van der Waals surface area contributed by atoms with E-state index in [1.807, 2.05) is 42.5 Å². The molecule has 3 rings (SSSR count). The fourth-order valence-electron chi connectivity index (χ4n) is 2.58. The molecule has 0 fully saturated rings. The third-order valence-corrected chi connectivity index (χ3v) is 3.77. The largest absolute Gasteiger partial charge is 0.497 e. The highest BCUT2D eigenvalue weighted by Crippen LogP contribution is 2.31. The zero-order valence-electron chi connectivity index (χ0n) is 13.6. The van der Waals surface area contributed by atoms with Crippen molar-refractivity contribution in [1.82, 2.24) is 4.98 Å². The minimum atomic E-state index is 0.805. The zero-order chi connectivity index (χ0) is 16.2. The molecule has 1 aromatic heterocycles. The van der Waals surface area contributed by atoms with E-state index < -0.39 is 0 Å². The molecule has 2 aromatic carbocycles. The SMILES string of the molecule is CCNc1cc(-c2ccc(OC)cc2)nc2cc(OC)ccc12. The van der Waals surface area contributed by atoms with E-state index in [0.717, 1.165) is 45.9 Å². The Morgan fingerprint density at radius 1 is 0.913 bits per heavy atom. The lowest BCUT2D eigenvalue weighted by molar-refractivity contribution is 0.415. The minimum Gasteiger partial charge on any atom is -0.497 e. The van der Waals surface area contributed by atoms with Gasteiger partial charge in [-0.3, -0.25) is 0 Å². The average Bonchev–Trinajstić information content (AvgIpc) is 2.61. The van der Waals surface area contributed by atoms with Crippen LogP contribution < -0.4 is 14.8 Å². The van der Waals surface area contributed by atoms with Gasteiger partial charge in [-0.2, -0.15) is 0 Å². The van der Waals surface area contributed by atoms with Gasteiger partial charge in [-0.15, -0.1) is 0 Å². The summed E-state index contributed by atoms with van der Waals surface area (Å²) in [4.78, 5) is 4.79. The number of nitrogens with one attached hydrogen (secondary N) is 1. The van der Waals surface area contributed by atoms with Gasteiger partial charge in [0.15, 0.2) is 0 Å². The highest BCUT2D eigenvalue weighted by atomic mass is 16.5. The van der Waals surface area contributed by atoms with Gasteiger partial charge >= 0.3 is 0 Å². The third-order valence-electron chi connectivity index (χ3n) is 3.77. The van der Waals surface area contributed by atoms with Crippen molar-refractivity contribution in [1.29, 1.82) is 0 Å². The number of methoxy groups -OCH3 is 2. The van der Waals surface area contributed by atoms with Crippen LogP contribution in [0.4, 0.5) is 5.69 Å². The van der Waals surface area contributed by atoms with Gasteiger partial charge in [0.2, 0.25) is 0 Å². The Morgan fingerprint density at radius 3 is 2.26 bits per heavy atom. The van der Waals surface area contributed by atoms with Crippen LogP contribution in [0.3, 0.4) is 0 Å². The van der Waals surface area contributed by atoms with Crippen LogP contribution in [0.25, 0.3) is 22.2 Å². The van der Waals surface area contributed by atoms with E-state index in [1.165, 1.54) is 0 Å². The molecule has 1 N–H and O–H groups in total. The molecule has 1 heterocycles. The number of anilines is 1. The predicted octanol–water partition coefficient (Wildman–Crippen LogP) is 4.35. The van der Waals surface area contributed by atoms with Crippen molar-refractivity contribution in [2.45, 2.75) is 6.92 Å². The second kappa shape index (κ2) is 6.57. The maximum absolute atomic E-state index is 5.32. The second-order valence-corrected chi connectivity index (χ2v) is 5.20. The lowest BCUT2D eigenvalue weighted by Crippen LogP contribution is -1.99. The van der Waals surface area contributed by atoms with E-state index in [9.17, 15) is 0 Å². The molecule has 0 aliphatic carbocycles. The van der Waals surface area contributed by atoms with Gasteiger partial charge in [-0.25, -0.2) is 4.98 Å². The van der Waals surface area contributed by atoms with Crippen LogP contribution in [0, 0.1) is 0 Å². The third kappa shape index (κ3) is 3.06. The van der Waals surface area contributed by atoms with Crippen LogP contribution in [0.15, 0.2) is 48.5 Å². The lowest BCUT2D eigenvalue weighted by atomic mass is 10.1. The number of nitrogens with zero attached hydrogens (tertiary/aromatic N) is 1. The smallest absolute Gasteiger partial charge is 0.121 e. The molecule has 0 spiro atoms. The zero-order valence-corrected chi connectivity index (χ0v) is 13.6. The van der Waals surface area contributed by atoms with Gasteiger partial charge in [-0.1, -0.05) is 0 Å². The molecule has 4 heteroatoms. The van der Waals surface area contributed by atoms with Crippen LogP contribution in [0.1, 0.15) is 6.92 Å². The standard InChI is InChI=1S/C19H20N2O2/c1-4-20-18-12-17(13-5-7-14(22-2)8-6-13)21-19-11-15(23-3)9-10-16(18)19/h5-12H,4H2,1-3H3,(H,20,21). The Morgan fingerprint density at radius 2 is 1.61 bits per heavy atom. The predicted molar refractivity (Wildman–Crippen MR) is 94.4 cm³/mol. The Labute approximate surface area is 136 Å². The van der Waals surface area contributed by atoms with Crippen molar-refractivity contribution < 1.29 is 9.47 Å². The van der Waals surface area contributed by atoms with Crippen LogP contribution in [0.2, 0.25) is 0 Å². The molecule has 0 saturated heterocycles. The van der Waals surface area contributed by atoms with E-state index in [4.69, 9.17) is 14.5 Å². The van der Waals surface area contributed by atoms with Crippen LogP contribution in [0.5, 0.6) is 11.5 Å². The normalized spacial score (nSPS) is 10.6. The van der Waals surface area contributed by atoms with Crippen LogP contribution in [-0.2, 0) is 0 Å². The van der Waals surface area contributed by atoms with Crippen molar-refractivity contribution >= 4 is 16.6 Å². The maximum Gasteiger partial charge on any atom is 0.121 e. The topological polar surface area (TPSA) is 43.4 Å². The Hall–Kier alpha value is -2.75. The molecule has 0 amide bonds. The number of hydrogen-bond donors (Lipinski definition) is 1. The fourth-order valence-corrected chi connectivity index (χ4v) is 2.58. The number of benzene rings is 2. The van der Waals surface area contributed by atoms with Gasteiger partial charge in [0.25, 0.3) is 0 Å². The first-order chi connectivity index (χ1) is 11.2. The van der Waals surface area contributed by atoms with Gasteiger partial charge in [-0.05, 0) is 49.4 Å². The first-order valence-corrected chi connectivity index (χ1v) is 7.62. The number of fused-ring (bicyclic) bond motifs is 1. The summed E-state index contributed by atoms with van der Waals surface area (Å²) in [5.74, 6) is 1.64. The summed E-state index contributed by atoms with van der Waals surface area (Å²) in [6.45, 7) is 2.94. The number of ether oxygens (including phenoxy) is 2. The van der Waals surface area contributed by atoms with Crippen molar-refractivity contribution in [2.75, 3.05) is 26.1 Å². The molecular weight excluding hydrogens is 288 g/mol. The molecule has 4 nitrogen and oxygen atoms in total.